The second-order valence-electron chi connectivity index (χ2n) is 8.82. The van der Waals surface area contributed by atoms with E-state index >= 15 is 0 Å². The third-order valence-corrected chi connectivity index (χ3v) is 6.10. The van der Waals surface area contributed by atoms with Gasteiger partial charge in [-0.15, -0.1) is 0 Å². The van der Waals surface area contributed by atoms with E-state index in [1.165, 1.54) is 11.0 Å². The largest absolute Gasteiger partial charge is 0.478 e. The zero-order valence-electron chi connectivity index (χ0n) is 19.8. The molecule has 4 rings (SSSR count). The molecule has 2 N–H and O–H groups in total. The minimum atomic E-state index is -4.27. The van der Waals surface area contributed by atoms with Gasteiger partial charge in [0.25, 0.3) is 0 Å². The molecular weight excluding hydrogens is 473 g/mol. The topological polar surface area (TPSA) is 105 Å². The Kier molecular flexibility index (Phi) is 6.99. The normalized spacial score (nSPS) is 15.5. The zero-order valence-corrected chi connectivity index (χ0v) is 19.8. The summed E-state index contributed by atoms with van der Waals surface area (Å²) in [5, 5.41) is 22.5. The molecule has 8 nitrogen and oxygen atoms in total. The number of halogens is 3. The van der Waals surface area contributed by atoms with Crippen molar-refractivity contribution in [2.24, 2.45) is 0 Å². The van der Waals surface area contributed by atoms with Gasteiger partial charge in [0.15, 0.2) is 11.5 Å². The number of carboxylic acid groups (broad SMARTS) is 1. The fraction of sp³-hybridized carbons (Fsp3) is 0.360. The fourth-order valence-electron chi connectivity index (χ4n) is 4.43. The molecule has 36 heavy (non-hydrogen) atoms. The summed E-state index contributed by atoms with van der Waals surface area (Å²) < 4.78 is 38.3. The van der Waals surface area contributed by atoms with Crippen molar-refractivity contribution in [1.29, 1.82) is 5.26 Å². The Balaban J connectivity index is 1.69. The molecule has 1 fully saturated rings. The number of nitrogens with one attached hydrogen (secondary N) is 1. The van der Waals surface area contributed by atoms with Crippen molar-refractivity contribution in [3.05, 3.63) is 58.8 Å². The molecule has 1 aromatic heterocycles. The molecule has 2 heterocycles. The predicted molar refractivity (Wildman–Crippen MR) is 129 cm³/mol. The fourth-order valence-corrected chi connectivity index (χ4v) is 4.43. The first-order valence-corrected chi connectivity index (χ1v) is 11.4. The van der Waals surface area contributed by atoms with Crippen LogP contribution in [0.1, 0.15) is 40.1 Å². The maximum absolute atomic E-state index is 12.8. The van der Waals surface area contributed by atoms with Gasteiger partial charge in [0.2, 0.25) is 0 Å². The molecule has 0 bridgehead atoms. The summed E-state index contributed by atoms with van der Waals surface area (Å²) in [6, 6.07) is 12.0. The Morgan fingerprint density at radius 2 is 1.89 bits per heavy atom. The van der Waals surface area contributed by atoms with E-state index in [4.69, 9.17) is 4.98 Å². The first-order valence-electron chi connectivity index (χ1n) is 11.4. The highest BCUT2D eigenvalue weighted by Crippen LogP contribution is 2.31. The van der Waals surface area contributed by atoms with Crippen molar-refractivity contribution in [2.45, 2.75) is 26.1 Å². The number of aromatic nitrogens is 2. The van der Waals surface area contributed by atoms with Gasteiger partial charge in [-0.1, -0.05) is 18.2 Å². The number of hydrogen-bond acceptors (Lipinski definition) is 7. The van der Waals surface area contributed by atoms with E-state index in [0.29, 0.717) is 22.5 Å². The summed E-state index contributed by atoms with van der Waals surface area (Å²) in [5.74, 6) is -0.718. The van der Waals surface area contributed by atoms with Gasteiger partial charge in [0.1, 0.15) is 6.07 Å². The molecule has 1 saturated heterocycles. The van der Waals surface area contributed by atoms with Crippen LogP contribution < -0.4 is 10.2 Å². The average Bonchev–Trinajstić information content (AvgIpc) is 2.82. The van der Waals surface area contributed by atoms with Crippen LogP contribution >= 0.6 is 0 Å². The Labute approximate surface area is 206 Å². The van der Waals surface area contributed by atoms with Gasteiger partial charge in [-0.05, 0) is 37.6 Å². The highest BCUT2D eigenvalue weighted by molar-refractivity contribution is 5.94. The standard InChI is InChI=1S/C25H25F3N6O2/c1-15-11-18(16(2)30-19-6-4-3-5-17(19)24(35)36)22-20(12-15)31-21(13-29)23(32-22)34-9-7-33(8-10-34)14-25(26,27)28/h3-6,11-12,16,30H,7-10,14H2,1-2H3,(H,35,36)/t16-/m1/s1. The lowest BCUT2D eigenvalue weighted by Crippen LogP contribution is -2.49. The van der Waals surface area contributed by atoms with Crippen molar-refractivity contribution in [1.82, 2.24) is 14.9 Å². The van der Waals surface area contributed by atoms with Crippen molar-refractivity contribution < 1.29 is 23.1 Å². The number of para-hydroxylation sites is 1. The number of alkyl halides is 3. The molecule has 11 heteroatoms. The maximum Gasteiger partial charge on any atom is 0.401 e. The monoisotopic (exact) mass is 498 g/mol. The Morgan fingerprint density at radius 1 is 1.19 bits per heavy atom. The van der Waals surface area contributed by atoms with Crippen LogP contribution in [0.15, 0.2) is 36.4 Å². The average molecular weight is 499 g/mol. The molecule has 1 aliphatic heterocycles. The number of piperazine rings is 1. The Morgan fingerprint density at radius 3 is 2.53 bits per heavy atom. The lowest BCUT2D eigenvalue weighted by atomic mass is 10.0. The molecule has 0 saturated carbocycles. The molecule has 0 amide bonds. The molecule has 0 unspecified atom stereocenters. The first-order chi connectivity index (χ1) is 17.1. The molecule has 2 aromatic carbocycles. The molecule has 0 aliphatic carbocycles. The summed E-state index contributed by atoms with van der Waals surface area (Å²) in [7, 11) is 0. The summed E-state index contributed by atoms with van der Waals surface area (Å²) in [6.07, 6.45) is -4.27. The van der Waals surface area contributed by atoms with Gasteiger partial charge < -0.3 is 15.3 Å². The van der Waals surface area contributed by atoms with Crippen LogP contribution in [-0.4, -0.2) is 64.8 Å². The summed E-state index contributed by atoms with van der Waals surface area (Å²) in [5.41, 5.74) is 3.41. The molecular formula is C25H25F3N6O2. The number of anilines is 2. The van der Waals surface area contributed by atoms with Crippen molar-refractivity contribution in [3.63, 3.8) is 0 Å². The van der Waals surface area contributed by atoms with Gasteiger partial charge in [-0.3, -0.25) is 4.90 Å². The smallest absolute Gasteiger partial charge is 0.401 e. The second kappa shape index (κ2) is 9.99. The van der Waals surface area contributed by atoms with E-state index in [0.717, 1.165) is 11.1 Å². The van der Waals surface area contributed by atoms with E-state index in [2.05, 4.69) is 16.4 Å². The Bertz CT molecular complexity index is 1330. The Hall–Kier alpha value is -3.91. The highest BCUT2D eigenvalue weighted by atomic mass is 19.4. The van der Waals surface area contributed by atoms with Gasteiger partial charge >= 0.3 is 12.1 Å². The number of hydrogen-bond donors (Lipinski definition) is 2. The molecule has 1 atom stereocenters. The highest BCUT2D eigenvalue weighted by Gasteiger charge is 2.33. The SMILES string of the molecule is Cc1cc([C@@H](C)Nc2ccccc2C(=O)O)c2nc(N3CCN(CC(F)(F)F)CC3)c(C#N)nc2c1. The lowest BCUT2D eigenvalue weighted by Gasteiger charge is -2.35. The van der Waals surface area contributed by atoms with Crippen LogP contribution in [-0.2, 0) is 0 Å². The number of carbonyl (C=O) groups is 1. The molecule has 0 radical (unpaired) electrons. The van der Waals surface area contributed by atoms with Crippen LogP contribution in [0.4, 0.5) is 24.7 Å². The molecule has 188 valence electrons. The third-order valence-electron chi connectivity index (χ3n) is 6.10. The van der Waals surface area contributed by atoms with Crippen LogP contribution in [0.25, 0.3) is 11.0 Å². The molecule has 0 spiro atoms. The predicted octanol–water partition coefficient (Wildman–Crippen LogP) is 4.37. The molecule has 3 aromatic rings. The van der Waals surface area contributed by atoms with E-state index in [9.17, 15) is 28.3 Å². The number of aryl methyl sites for hydroxylation is 1. The van der Waals surface area contributed by atoms with E-state index < -0.39 is 18.7 Å². The number of carboxylic acids is 1. The molecule has 1 aliphatic rings. The number of aromatic carboxylic acids is 1. The summed E-state index contributed by atoms with van der Waals surface area (Å²) in [6.45, 7) is 3.74. The van der Waals surface area contributed by atoms with Gasteiger partial charge in [-0.2, -0.15) is 18.4 Å². The first kappa shape index (κ1) is 25.2. The van der Waals surface area contributed by atoms with E-state index in [-0.39, 0.29) is 43.5 Å². The van der Waals surface area contributed by atoms with Gasteiger partial charge in [0, 0.05) is 37.4 Å². The van der Waals surface area contributed by atoms with Crippen LogP contribution in [0.2, 0.25) is 0 Å². The number of fused-ring (bicyclic) bond motifs is 1. The van der Waals surface area contributed by atoms with Crippen molar-refractivity contribution in [3.8, 4) is 6.07 Å². The number of nitrogens with zero attached hydrogens (tertiary/aromatic N) is 5. The minimum absolute atomic E-state index is 0.111. The number of benzene rings is 2. The third kappa shape index (κ3) is 5.49. The van der Waals surface area contributed by atoms with Crippen molar-refractivity contribution >= 4 is 28.5 Å². The van der Waals surface area contributed by atoms with E-state index in [1.54, 1.807) is 23.1 Å². The van der Waals surface area contributed by atoms with Gasteiger partial charge in [0.05, 0.1) is 29.2 Å². The number of nitriles is 1. The summed E-state index contributed by atoms with van der Waals surface area (Å²) in [4.78, 5) is 24.1. The zero-order chi connectivity index (χ0) is 26.0. The maximum atomic E-state index is 12.8. The van der Waals surface area contributed by atoms with E-state index in [1.807, 2.05) is 26.0 Å². The van der Waals surface area contributed by atoms with Gasteiger partial charge in [-0.25, -0.2) is 14.8 Å². The quantitative estimate of drug-likeness (QED) is 0.516. The van der Waals surface area contributed by atoms with Crippen molar-refractivity contribution in [2.75, 3.05) is 42.9 Å². The van der Waals surface area contributed by atoms with Crippen LogP contribution in [0.5, 0.6) is 0 Å². The van der Waals surface area contributed by atoms with Crippen LogP contribution in [0.3, 0.4) is 0 Å². The summed E-state index contributed by atoms with van der Waals surface area (Å²) >= 11 is 0. The van der Waals surface area contributed by atoms with Crippen LogP contribution in [0, 0.1) is 18.3 Å². The lowest BCUT2D eigenvalue weighted by molar-refractivity contribution is -0.146. The second-order valence-corrected chi connectivity index (χ2v) is 8.82. The minimum Gasteiger partial charge on any atom is -0.478 e. The number of rotatable bonds is 6.